The van der Waals surface area contributed by atoms with Crippen molar-refractivity contribution in [2.75, 3.05) is 18.5 Å². The van der Waals surface area contributed by atoms with Gasteiger partial charge in [0, 0.05) is 30.8 Å². The second kappa shape index (κ2) is 5.59. The van der Waals surface area contributed by atoms with Crippen LogP contribution >= 0.6 is 11.6 Å². The molecule has 1 heterocycles. The molecule has 1 atom stereocenters. The first kappa shape index (κ1) is 13.2. The minimum atomic E-state index is -0.112. The summed E-state index contributed by atoms with van der Waals surface area (Å²) in [5, 5.41) is 3.38. The van der Waals surface area contributed by atoms with Crippen LogP contribution in [0.25, 0.3) is 0 Å². The molecule has 0 bridgehead atoms. The molecule has 4 nitrogen and oxygen atoms in total. The smallest absolute Gasteiger partial charge is 0.242 e. The zero-order valence-corrected chi connectivity index (χ0v) is 11.2. The molecule has 98 valence electrons. The molecule has 1 unspecified atom stereocenters. The highest BCUT2D eigenvalue weighted by Gasteiger charge is 2.31. The van der Waals surface area contributed by atoms with E-state index in [4.69, 9.17) is 17.3 Å². The number of likely N-dealkylation sites (N-methyl/N-ethyl adjacent to an activating group) is 1. The number of amides is 1. The van der Waals surface area contributed by atoms with E-state index in [1.807, 2.05) is 18.2 Å². The Hall–Kier alpha value is -1.26. The van der Waals surface area contributed by atoms with Crippen LogP contribution < -0.4 is 16.0 Å². The zero-order chi connectivity index (χ0) is 13.1. The van der Waals surface area contributed by atoms with Crippen LogP contribution in [0.2, 0.25) is 5.02 Å². The van der Waals surface area contributed by atoms with E-state index in [1.54, 1.807) is 7.05 Å². The van der Waals surface area contributed by atoms with Gasteiger partial charge in [0.25, 0.3) is 0 Å². The number of anilines is 1. The van der Waals surface area contributed by atoms with Gasteiger partial charge in [0.2, 0.25) is 5.91 Å². The second-order valence-corrected chi connectivity index (χ2v) is 4.88. The van der Waals surface area contributed by atoms with Gasteiger partial charge >= 0.3 is 0 Å². The molecular weight excluding hydrogens is 250 g/mol. The number of nitrogens with two attached hydrogens (primary N) is 1. The average molecular weight is 268 g/mol. The minimum absolute atomic E-state index is 0.0513. The van der Waals surface area contributed by atoms with Gasteiger partial charge < -0.3 is 16.0 Å². The van der Waals surface area contributed by atoms with Crippen molar-refractivity contribution in [1.29, 1.82) is 0 Å². The van der Waals surface area contributed by atoms with Crippen molar-refractivity contribution in [2.45, 2.75) is 25.4 Å². The molecule has 1 aliphatic heterocycles. The highest BCUT2D eigenvalue weighted by molar-refractivity contribution is 6.30. The number of carbonyl (C=O) groups is 1. The maximum atomic E-state index is 11.9. The van der Waals surface area contributed by atoms with Gasteiger partial charge in [-0.05, 0) is 30.5 Å². The van der Waals surface area contributed by atoms with Gasteiger partial charge in [-0.2, -0.15) is 0 Å². The van der Waals surface area contributed by atoms with Crippen molar-refractivity contribution in [1.82, 2.24) is 5.32 Å². The number of halogens is 1. The maximum Gasteiger partial charge on any atom is 0.242 e. The molecule has 0 saturated carbocycles. The first-order chi connectivity index (χ1) is 8.67. The van der Waals surface area contributed by atoms with E-state index in [2.05, 4.69) is 10.2 Å². The van der Waals surface area contributed by atoms with Crippen LogP contribution in [0.15, 0.2) is 18.2 Å². The van der Waals surface area contributed by atoms with Crippen LogP contribution in [0.4, 0.5) is 5.69 Å². The van der Waals surface area contributed by atoms with Gasteiger partial charge in [-0.3, -0.25) is 4.79 Å². The molecule has 1 aromatic rings. The fourth-order valence-electron chi connectivity index (χ4n) is 2.47. The Morgan fingerprint density at radius 1 is 1.61 bits per heavy atom. The Balaban J connectivity index is 2.35. The lowest BCUT2D eigenvalue weighted by Gasteiger charge is -2.27. The van der Waals surface area contributed by atoms with Crippen molar-refractivity contribution >= 4 is 23.2 Å². The van der Waals surface area contributed by atoms with Gasteiger partial charge in [-0.1, -0.05) is 17.7 Å². The third-order valence-electron chi connectivity index (χ3n) is 3.38. The monoisotopic (exact) mass is 267 g/mol. The molecule has 0 radical (unpaired) electrons. The number of nitrogens with one attached hydrogen (secondary N) is 1. The summed E-state index contributed by atoms with van der Waals surface area (Å²) >= 11 is 6.05. The molecule has 0 spiro atoms. The van der Waals surface area contributed by atoms with E-state index in [1.165, 1.54) is 0 Å². The van der Waals surface area contributed by atoms with E-state index in [0.717, 1.165) is 30.6 Å². The van der Waals surface area contributed by atoms with Crippen LogP contribution in [0.5, 0.6) is 0 Å². The number of benzene rings is 1. The highest BCUT2D eigenvalue weighted by atomic mass is 35.5. The summed E-state index contributed by atoms with van der Waals surface area (Å²) in [6.07, 6.45) is 1.88. The molecule has 1 saturated heterocycles. The lowest BCUT2D eigenvalue weighted by atomic mass is 10.1. The largest absolute Gasteiger partial charge is 0.359 e. The summed E-state index contributed by atoms with van der Waals surface area (Å²) in [7, 11) is 1.67. The molecule has 2 rings (SSSR count). The highest BCUT2D eigenvalue weighted by Crippen LogP contribution is 2.31. The molecule has 3 N–H and O–H groups in total. The van der Waals surface area contributed by atoms with Crippen molar-refractivity contribution < 1.29 is 4.79 Å². The zero-order valence-electron chi connectivity index (χ0n) is 10.4. The standard InChI is InChI=1S/C13H18ClN3O/c1-16-13(18)11-3-2-6-17(11)12-7-10(14)5-4-9(12)8-15/h4-5,7,11H,2-3,6,8,15H2,1H3,(H,16,18). The maximum absolute atomic E-state index is 11.9. The predicted octanol–water partition coefficient (Wildman–Crippen LogP) is 1.51. The summed E-state index contributed by atoms with van der Waals surface area (Å²) in [4.78, 5) is 14.0. The summed E-state index contributed by atoms with van der Waals surface area (Å²) < 4.78 is 0. The Bertz CT molecular complexity index is 450. The number of nitrogens with zero attached hydrogens (tertiary/aromatic N) is 1. The molecule has 5 heteroatoms. The lowest BCUT2D eigenvalue weighted by molar-refractivity contribution is -0.121. The van der Waals surface area contributed by atoms with E-state index in [-0.39, 0.29) is 11.9 Å². The van der Waals surface area contributed by atoms with Gasteiger partial charge in [-0.25, -0.2) is 0 Å². The van der Waals surface area contributed by atoms with E-state index in [9.17, 15) is 4.79 Å². The molecule has 0 aliphatic carbocycles. The summed E-state index contributed by atoms with van der Waals surface area (Å²) in [5.74, 6) is 0.0513. The molecule has 1 aliphatic rings. The third-order valence-corrected chi connectivity index (χ3v) is 3.61. The van der Waals surface area contributed by atoms with Crippen LogP contribution in [-0.2, 0) is 11.3 Å². The quantitative estimate of drug-likeness (QED) is 0.873. The van der Waals surface area contributed by atoms with Gasteiger partial charge in [-0.15, -0.1) is 0 Å². The number of hydrogen-bond acceptors (Lipinski definition) is 3. The molecule has 18 heavy (non-hydrogen) atoms. The average Bonchev–Trinajstić information content (AvgIpc) is 2.86. The molecule has 1 aromatic carbocycles. The topological polar surface area (TPSA) is 58.4 Å². The normalized spacial score (nSPS) is 19.1. The first-order valence-corrected chi connectivity index (χ1v) is 6.52. The fraction of sp³-hybridized carbons (Fsp3) is 0.462. The molecule has 0 aromatic heterocycles. The summed E-state index contributed by atoms with van der Waals surface area (Å²) in [5.41, 5.74) is 7.76. The summed E-state index contributed by atoms with van der Waals surface area (Å²) in [6, 6.07) is 5.54. The predicted molar refractivity (Wildman–Crippen MR) is 73.8 cm³/mol. The Morgan fingerprint density at radius 3 is 3.06 bits per heavy atom. The molecule has 1 amide bonds. The van der Waals surface area contributed by atoms with Crippen molar-refractivity contribution in [2.24, 2.45) is 5.73 Å². The van der Waals surface area contributed by atoms with E-state index >= 15 is 0 Å². The Labute approximate surface area is 112 Å². The number of hydrogen-bond donors (Lipinski definition) is 2. The van der Waals surface area contributed by atoms with Gasteiger partial charge in [0.1, 0.15) is 6.04 Å². The van der Waals surface area contributed by atoms with Crippen molar-refractivity contribution in [3.63, 3.8) is 0 Å². The molecular formula is C13H18ClN3O. The van der Waals surface area contributed by atoms with Crippen molar-refractivity contribution in [3.8, 4) is 0 Å². The van der Waals surface area contributed by atoms with Crippen LogP contribution in [0, 0.1) is 0 Å². The van der Waals surface area contributed by atoms with Crippen LogP contribution in [-0.4, -0.2) is 25.5 Å². The third kappa shape index (κ3) is 2.44. The van der Waals surface area contributed by atoms with Crippen LogP contribution in [0.1, 0.15) is 18.4 Å². The van der Waals surface area contributed by atoms with Crippen molar-refractivity contribution in [3.05, 3.63) is 28.8 Å². The van der Waals surface area contributed by atoms with E-state index < -0.39 is 0 Å². The summed E-state index contributed by atoms with van der Waals surface area (Å²) in [6.45, 7) is 1.31. The van der Waals surface area contributed by atoms with Gasteiger partial charge in [0.15, 0.2) is 0 Å². The minimum Gasteiger partial charge on any atom is -0.359 e. The number of carbonyl (C=O) groups excluding carboxylic acids is 1. The van der Waals surface area contributed by atoms with Gasteiger partial charge in [0.05, 0.1) is 0 Å². The Kier molecular flexibility index (Phi) is 4.09. The Morgan fingerprint density at radius 2 is 2.39 bits per heavy atom. The SMILES string of the molecule is CNC(=O)C1CCCN1c1cc(Cl)ccc1CN. The molecule has 1 fully saturated rings. The lowest BCUT2D eigenvalue weighted by Crippen LogP contribution is -2.42. The van der Waals surface area contributed by atoms with Crippen LogP contribution in [0.3, 0.4) is 0 Å². The first-order valence-electron chi connectivity index (χ1n) is 6.14. The number of rotatable bonds is 3. The second-order valence-electron chi connectivity index (χ2n) is 4.44. The van der Waals surface area contributed by atoms with E-state index in [0.29, 0.717) is 11.6 Å². The fourth-order valence-corrected chi connectivity index (χ4v) is 2.64.